The first-order valence-corrected chi connectivity index (χ1v) is 6.36. The number of benzene rings is 1. The molecule has 0 saturated carbocycles. The summed E-state index contributed by atoms with van der Waals surface area (Å²) in [5.74, 6) is 1.21. The van der Waals surface area contributed by atoms with Crippen molar-refractivity contribution in [3.63, 3.8) is 0 Å². The van der Waals surface area contributed by atoms with Crippen molar-refractivity contribution in [3.05, 3.63) is 36.2 Å². The Balaban J connectivity index is 1.49. The van der Waals surface area contributed by atoms with E-state index in [2.05, 4.69) is 20.5 Å². The lowest BCUT2D eigenvalue weighted by molar-refractivity contribution is 0.0488. The average molecular weight is 273 g/mol. The van der Waals surface area contributed by atoms with Gasteiger partial charge in [0.15, 0.2) is 0 Å². The summed E-state index contributed by atoms with van der Waals surface area (Å²) >= 11 is 0. The Bertz CT molecular complexity index is 593. The standard InChI is InChI=1S/C13H15N5O2/c1-9-4-2-3-5-11(9)20-10-6-18(7-10)13(19)16-12-14-8-15-17-12/h2-5,8,10H,6-7H2,1H3,(H2,14,15,16,17,19). The molecule has 1 aliphatic heterocycles. The number of ether oxygens (including phenoxy) is 1. The molecule has 2 aromatic rings. The maximum atomic E-state index is 11.8. The van der Waals surface area contributed by atoms with Crippen LogP contribution in [-0.4, -0.2) is 45.3 Å². The van der Waals surface area contributed by atoms with Gasteiger partial charge in [0.25, 0.3) is 0 Å². The van der Waals surface area contributed by atoms with E-state index in [4.69, 9.17) is 4.74 Å². The van der Waals surface area contributed by atoms with Gasteiger partial charge in [-0.3, -0.25) is 5.32 Å². The average Bonchev–Trinajstić information content (AvgIpc) is 2.88. The molecular formula is C13H15N5O2. The number of urea groups is 1. The quantitative estimate of drug-likeness (QED) is 0.885. The molecule has 1 aliphatic rings. The Kier molecular flexibility index (Phi) is 3.24. The first-order valence-electron chi connectivity index (χ1n) is 6.36. The zero-order valence-electron chi connectivity index (χ0n) is 11.0. The molecule has 20 heavy (non-hydrogen) atoms. The van der Waals surface area contributed by atoms with E-state index in [-0.39, 0.29) is 12.1 Å². The minimum Gasteiger partial charge on any atom is -0.486 e. The van der Waals surface area contributed by atoms with E-state index in [1.807, 2.05) is 31.2 Å². The van der Waals surface area contributed by atoms with E-state index >= 15 is 0 Å². The summed E-state index contributed by atoms with van der Waals surface area (Å²) in [6, 6.07) is 7.65. The van der Waals surface area contributed by atoms with E-state index < -0.39 is 0 Å². The van der Waals surface area contributed by atoms with E-state index in [0.717, 1.165) is 11.3 Å². The van der Waals surface area contributed by atoms with Crippen molar-refractivity contribution < 1.29 is 9.53 Å². The molecule has 0 bridgehead atoms. The highest BCUT2D eigenvalue weighted by molar-refractivity contribution is 5.88. The van der Waals surface area contributed by atoms with Crippen LogP contribution in [0.2, 0.25) is 0 Å². The molecule has 3 rings (SSSR count). The van der Waals surface area contributed by atoms with Crippen LogP contribution in [0.5, 0.6) is 5.75 Å². The SMILES string of the molecule is Cc1ccccc1OC1CN(C(=O)Nc2ncn[nH]2)C1. The summed E-state index contributed by atoms with van der Waals surface area (Å²) in [5.41, 5.74) is 1.09. The number of aromatic amines is 1. The summed E-state index contributed by atoms with van der Waals surface area (Å²) in [6.07, 6.45) is 1.38. The number of carbonyl (C=O) groups excluding carboxylic acids is 1. The van der Waals surface area contributed by atoms with Crippen molar-refractivity contribution in [2.45, 2.75) is 13.0 Å². The molecule has 1 fully saturated rings. The summed E-state index contributed by atoms with van der Waals surface area (Å²) in [5, 5.41) is 8.87. The lowest BCUT2D eigenvalue weighted by Crippen LogP contribution is -2.57. The lowest BCUT2D eigenvalue weighted by Gasteiger charge is -2.38. The Morgan fingerprint density at radius 1 is 1.45 bits per heavy atom. The van der Waals surface area contributed by atoms with Crippen LogP contribution in [0.1, 0.15) is 5.56 Å². The minimum absolute atomic E-state index is 0.0385. The van der Waals surface area contributed by atoms with Crippen LogP contribution < -0.4 is 10.1 Å². The Morgan fingerprint density at radius 3 is 2.95 bits per heavy atom. The maximum Gasteiger partial charge on any atom is 0.324 e. The number of aryl methyl sites for hydroxylation is 1. The second-order valence-electron chi connectivity index (χ2n) is 4.67. The molecule has 0 unspecified atom stereocenters. The van der Waals surface area contributed by atoms with E-state index in [1.54, 1.807) is 4.90 Å². The van der Waals surface area contributed by atoms with Crippen molar-refractivity contribution in [1.82, 2.24) is 20.1 Å². The number of aromatic nitrogens is 3. The third-order valence-corrected chi connectivity index (χ3v) is 3.16. The molecule has 1 saturated heterocycles. The predicted molar refractivity (Wildman–Crippen MR) is 72.6 cm³/mol. The number of anilines is 1. The smallest absolute Gasteiger partial charge is 0.324 e. The summed E-state index contributed by atoms with van der Waals surface area (Å²) in [7, 11) is 0. The number of nitrogens with zero attached hydrogens (tertiary/aromatic N) is 3. The number of para-hydroxylation sites is 1. The highest BCUT2D eigenvalue weighted by atomic mass is 16.5. The topological polar surface area (TPSA) is 83.1 Å². The Labute approximate surface area is 116 Å². The molecule has 0 spiro atoms. The number of H-pyrrole nitrogens is 1. The number of hydrogen-bond donors (Lipinski definition) is 2. The molecule has 1 aromatic heterocycles. The van der Waals surface area contributed by atoms with Gasteiger partial charge in [-0.15, -0.1) is 0 Å². The second kappa shape index (κ2) is 5.20. The van der Waals surface area contributed by atoms with Gasteiger partial charge >= 0.3 is 6.03 Å². The maximum absolute atomic E-state index is 11.8. The highest BCUT2D eigenvalue weighted by Gasteiger charge is 2.32. The molecule has 1 aromatic carbocycles. The number of amides is 2. The van der Waals surface area contributed by atoms with Crippen molar-refractivity contribution >= 4 is 12.0 Å². The third kappa shape index (κ3) is 2.56. The van der Waals surface area contributed by atoms with Crippen molar-refractivity contribution in [1.29, 1.82) is 0 Å². The van der Waals surface area contributed by atoms with Gasteiger partial charge < -0.3 is 9.64 Å². The van der Waals surface area contributed by atoms with Crippen molar-refractivity contribution in [3.8, 4) is 5.75 Å². The summed E-state index contributed by atoms with van der Waals surface area (Å²) < 4.78 is 5.84. The molecule has 2 amide bonds. The molecule has 7 heteroatoms. The van der Waals surface area contributed by atoms with Crippen LogP contribution >= 0.6 is 0 Å². The summed E-state index contributed by atoms with van der Waals surface area (Å²) in [6.45, 7) is 3.13. The molecule has 2 N–H and O–H groups in total. The van der Waals surface area contributed by atoms with Gasteiger partial charge in [0.2, 0.25) is 5.95 Å². The molecule has 0 radical (unpaired) electrons. The van der Waals surface area contributed by atoms with Crippen LogP contribution in [0.4, 0.5) is 10.7 Å². The first-order chi connectivity index (χ1) is 9.72. The van der Waals surface area contributed by atoms with Crippen molar-refractivity contribution in [2.24, 2.45) is 0 Å². The van der Waals surface area contributed by atoms with E-state index in [9.17, 15) is 4.79 Å². The number of rotatable bonds is 3. The summed E-state index contributed by atoms with van der Waals surface area (Å²) in [4.78, 5) is 17.3. The minimum atomic E-state index is -0.202. The molecule has 7 nitrogen and oxygen atoms in total. The number of likely N-dealkylation sites (tertiary alicyclic amines) is 1. The molecule has 0 atom stereocenters. The van der Waals surface area contributed by atoms with Crippen LogP contribution in [0.25, 0.3) is 0 Å². The van der Waals surface area contributed by atoms with E-state index in [1.165, 1.54) is 6.33 Å². The fourth-order valence-electron chi connectivity index (χ4n) is 1.99. The van der Waals surface area contributed by atoms with Gasteiger partial charge in [-0.1, -0.05) is 18.2 Å². The number of nitrogens with one attached hydrogen (secondary N) is 2. The van der Waals surface area contributed by atoms with Gasteiger partial charge in [-0.25, -0.2) is 9.89 Å². The first kappa shape index (κ1) is 12.5. The largest absolute Gasteiger partial charge is 0.486 e. The predicted octanol–water partition coefficient (Wildman–Crippen LogP) is 1.41. The zero-order chi connectivity index (χ0) is 13.9. The molecular weight excluding hydrogens is 258 g/mol. The Hall–Kier alpha value is -2.57. The van der Waals surface area contributed by atoms with Gasteiger partial charge in [0.05, 0.1) is 13.1 Å². The van der Waals surface area contributed by atoms with Crippen LogP contribution in [-0.2, 0) is 0 Å². The lowest BCUT2D eigenvalue weighted by atomic mass is 10.1. The van der Waals surface area contributed by atoms with Gasteiger partial charge in [0, 0.05) is 0 Å². The van der Waals surface area contributed by atoms with Crippen LogP contribution in [0, 0.1) is 6.92 Å². The van der Waals surface area contributed by atoms with Crippen LogP contribution in [0.15, 0.2) is 30.6 Å². The van der Waals surface area contributed by atoms with E-state index in [0.29, 0.717) is 19.0 Å². The number of carbonyl (C=O) groups is 1. The molecule has 2 heterocycles. The van der Waals surface area contributed by atoms with Gasteiger partial charge in [0.1, 0.15) is 18.2 Å². The highest BCUT2D eigenvalue weighted by Crippen LogP contribution is 2.21. The zero-order valence-corrected chi connectivity index (χ0v) is 11.0. The second-order valence-corrected chi connectivity index (χ2v) is 4.67. The fourth-order valence-corrected chi connectivity index (χ4v) is 1.99. The Morgan fingerprint density at radius 2 is 2.25 bits per heavy atom. The monoisotopic (exact) mass is 273 g/mol. The van der Waals surface area contributed by atoms with Gasteiger partial charge in [-0.05, 0) is 18.6 Å². The molecule has 0 aliphatic carbocycles. The van der Waals surface area contributed by atoms with Gasteiger partial charge in [-0.2, -0.15) is 10.1 Å². The third-order valence-electron chi connectivity index (χ3n) is 3.16. The van der Waals surface area contributed by atoms with Crippen molar-refractivity contribution in [2.75, 3.05) is 18.4 Å². The normalized spacial score (nSPS) is 14.8. The number of hydrogen-bond acceptors (Lipinski definition) is 4. The van der Waals surface area contributed by atoms with Crippen LogP contribution in [0.3, 0.4) is 0 Å². The fraction of sp³-hybridized carbons (Fsp3) is 0.308. The molecule has 104 valence electrons.